The summed E-state index contributed by atoms with van der Waals surface area (Å²) in [6.45, 7) is 1.36. The van der Waals surface area contributed by atoms with Crippen LogP contribution in [0.4, 0.5) is 4.79 Å². The molecule has 2 atom stereocenters. The number of carbonyl (C=O) groups excluding carboxylic acids is 2. The zero-order valence-corrected chi connectivity index (χ0v) is 13.2. The molecule has 7 nitrogen and oxygen atoms in total. The Labute approximate surface area is 132 Å². The Morgan fingerprint density at radius 3 is 3.09 bits per heavy atom. The number of nitrogens with two attached hydrogens (primary N) is 1. The van der Waals surface area contributed by atoms with Gasteiger partial charge in [0.25, 0.3) is 0 Å². The largest absolute Gasteiger partial charge is 0.354 e. The maximum atomic E-state index is 12.4. The van der Waals surface area contributed by atoms with Crippen LogP contribution in [0.3, 0.4) is 0 Å². The fraction of sp³-hybridized carbons (Fsp3) is 0.500. The summed E-state index contributed by atoms with van der Waals surface area (Å²) in [6, 6.07) is -0.116. The molecule has 2 bridgehead atoms. The van der Waals surface area contributed by atoms with Crippen molar-refractivity contribution in [2.45, 2.75) is 18.5 Å². The van der Waals surface area contributed by atoms with Gasteiger partial charge in [-0.25, -0.2) is 9.78 Å². The molecule has 0 saturated carbocycles. The van der Waals surface area contributed by atoms with Crippen LogP contribution in [0.5, 0.6) is 0 Å². The van der Waals surface area contributed by atoms with E-state index >= 15 is 0 Å². The molecule has 3 rings (SSSR count). The summed E-state index contributed by atoms with van der Waals surface area (Å²) in [4.78, 5) is 31.9. The van der Waals surface area contributed by atoms with Crippen molar-refractivity contribution in [2.24, 2.45) is 5.73 Å². The Morgan fingerprint density at radius 2 is 2.41 bits per heavy atom. The number of amides is 3. The molecule has 3 N–H and O–H groups in total. The first kappa shape index (κ1) is 15.0. The van der Waals surface area contributed by atoms with Crippen LogP contribution >= 0.6 is 11.3 Å². The molecule has 0 spiro atoms. The molecule has 0 unspecified atom stereocenters. The predicted molar refractivity (Wildman–Crippen MR) is 84.2 cm³/mol. The van der Waals surface area contributed by atoms with Gasteiger partial charge in [-0.1, -0.05) is 6.08 Å². The topological polar surface area (TPSA) is 91.6 Å². The van der Waals surface area contributed by atoms with E-state index < -0.39 is 0 Å². The SMILES string of the molecule is CN1C(=O)N2C[C@H]1C=C(c1nccs1)[C@H]2CNC(=O)CCN. The average molecular weight is 321 g/mol. The summed E-state index contributed by atoms with van der Waals surface area (Å²) < 4.78 is 0. The van der Waals surface area contributed by atoms with Gasteiger partial charge in [-0.2, -0.15) is 0 Å². The zero-order valence-electron chi connectivity index (χ0n) is 12.4. The monoisotopic (exact) mass is 321 g/mol. The number of rotatable bonds is 5. The number of nitrogens with one attached hydrogen (secondary N) is 1. The molecule has 0 aliphatic carbocycles. The third kappa shape index (κ3) is 2.59. The first-order valence-electron chi connectivity index (χ1n) is 7.23. The van der Waals surface area contributed by atoms with Crippen LogP contribution < -0.4 is 11.1 Å². The van der Waals surface area contributed by atoms with E-state index in [4.69, 9.17) is 5.73 Å². The van der Waals surface area contributed by atoms with E-state index in [-0.39, 0.29) is 24.0 Å². The minimum Gasteiger partial charge on any atom is -0.354 e. The summed E-state index contributed by atoms with van der Waals surface area (Å²) in [5.74, 6) is -0.0943. The third-order valence-electron chi connectivity index (χ3n) is 4.08. The van der Waals surface area contributed by atoms with Crippen molar-refractivity contribution >= 4 is 28.8 Å². The first-order valence-corrected chi connectivity index (χ1v) is 8.11. The second-order valence-corrected chi connectivity index (χ2v) is 6.33. The van der Waals surface area contributed by atoms with Crippen molar-refractivity contribution in [1.82, 2.24) is 20.1 Å². The molecule has 1 fully saturated rings. The van der Waals surface area contributed by atoms with E-state index in [0.717, 1.165) is 10.6 Å². The van der Waals surface area contributed by atoms with Gasteiger partial charge >= 0.3 is 6.03 Å². The van der Waals surface area contributed by atoms with E-state index in [1.807, 2.05) is 10.3 Å². The van der Waals surface area contributed by atoms with Gasteiger partial charge in [0.2, 0.25) is 5.91 Å². The minimum absolute atomic E-state index is 0.00844. The number of thiazole rings is 1. The van der Waals surface area contributed by atoms with Crippen LogP contribution in [-0.4, -0.2) is 65.5 Å². The highest BCUT2D eigenvalue weighted by Gasteiger charge is 2.43. The lowest BCUT2D eigenvalue weighted by atomic mass is 9.99. The second kappa shape index (κ2) is 6.05. The van der Waals surface area contributed by atoms with Crippen LogP contribution in [0.1, 0.15) is 11.4 Å². The van der Waals surface area contributed by atoms with Crippen LogP contribution in [0, 0.1) is 0 Å². The molecule has 3 heterocycles. The fourth-order valence-electron chi connectivity index (χ4n) is 2.89. The molecule has 2 aliphatic heterocycles. The number of carbonyl (C=O) groups is 2. The molecule has 0 radical (unpaired) electrons. The standard InChI is InChI=1S/C14H19N5O2S/c1-18-9-6-10(13-16-4-5-22-13)11(19(8-9)14(18)21)7-17-12(20)2-3-15/h4-6,9,11H,2-3,7-8,15H2,1H3,(H,17,20)/t9-,11-/m1/s1. The van der Waals surface area contributed by atoms with E-state index in [2.05, 4.69) is 16.4 Å². The van der Waals surface area contributed by atoms with Gasteiger partial charge in [0.1, 0.15) is 5.01 Å². The number of hydrogen-bond acceptors (Lipinski definition) is 5. The van der Waals surface area contributed by atoms with Crippen LogP contribution in [0.2, 0.25) is 0 Å². The van der Waals surface area contributed by atoms with E-state index in [9.17, 15) is 9.59 Å². The van der Waals surface area contributed by atoms with Gasteiger partial charge in [-0.15, -0.1) is 11.3 Å². The lowest BCUT2D eigenvalue weighted by Crippen LogP contribution is -2.47. The Balaban J connectivity index is 1.83. The molecule has 22 heavy (non-hydrogen) atoms. The average Bonchev–Trinajstić information content (AvgIpc) is 3.11. The molecular weight excluding hydrogens is 302 g/mol. The normalized spacial score (nSPS) is 23.7. The highest BCUT2D eigenvalue weighted by atomic mass is 32.1. The second-order valence-electron chi connectivity index (χ2n) is 5.43. The maximum Gasteiger partial charge on any atom is 0.320 e. The van der Waals surface area contributed by atoms with Gasteiger partial charge in [-0.05, 0) is 0 Å². The maximum absolute atomic E-state index is 12.4. The van der Waals surface area contributed by atoms with Gasteiger partial charge in [0.15, 0.2) is 0 Å². The molecular formula is C14H19N5O2S. The highest BCUT2D eigenvalue weighted by Crippen LogP contribution is 2.34. The zero-order chi connectivity index (χ0) is 15.7. The van der Waals surface area contributed by atoms with Gasteiger partial charge < -0.3 is 20.9 Å². The lowest BCUT2D eigenvalue weighted by Gasteiger charge is -2.31. The first-order chi connectivity index (χ1) is 10.6. The molecule has 1 aromatic heterocycles. The Hall–Kier alpha value is -1.93. The number of hydrogen-bond donors (Lipinski definition) is 2. The van der Waals surface area contributed by atoms with Crippen molar-refractivity contribution in [3.63, 3.8) is 0 Å². The van der Waals surface area contributed by atoms with Gasteiger partial charge in [0, 0.05) is 50.3 Å². The molecule has 0 aromatic carbocycles. The Kier molecular flexibility index (Phi) is 4.12. The number of fused-ring (bicyclic) bond motifs is 2. The van der Waals surface area contributed by atoms with Crippen LogP contribution in [0.15, 0.2) is 17.7 Å². The highest BCUT2D eigenvalue weighted by molar-refractivity contribution is 7.10. The molecule has 2 aliphatic rings. The molecule has 1 saturated heterocycles. The summed E-state index contributed by atoms with van der Waals surface area (Å²) >= 11 is 1.54. The molecule has 3 amide bonds. The van der Waals surface area contributed by atoms with Gasteiger partial charge in [0.05, 0.1) is 12.1 Å². The van der Waals surface area contributed by atoms with Crippen molar-refractivity contribution in [2.75, 3.05) is 26.7 Å². The molecule has 8 heteroatoms. The Morgan fingerprint density at radius 1 is 1.59 bits per heavy atom. The van der Waals surface area contributed by atoms with E-state index in [1.165, 1.54) is 0 Å². The predicted octanol–water partition coefficient (Wildman–Crippen LogP) is 0.110. The summed E-state index contributed by atoms with van der Waals surface area (Å²) in [6.07, 6.45) is 4.14. The van der Waals surface area contributed by atoms with Crippen molar-refractivity contribution in [3.8, 4) is 0 Å². The van der Waals surface area contributed by atoms with Crippen LogP contribution in [-0.2, 0) is 4.79 Å². The fourth-order valence-corrected chi connectivity index (χ4v) is 3.60. The summed E-state index contributed by atoms with van der Waals surface area (Å²) in [5, 5.41) is 5.68. The quantitative estimate of drug-likeness (QED) is 0.805. The molecule has 118 valence electrons. The van der Waals surface area contributed by atoms with Gasteiger partial charge in [-0.3, -0.25) is 4.79 Å². The number of aromatic nitrogens is 1. The van der Waals surface area contributed by atoms with Crippen molar-refractivity contribution < 1.29 is 9.59 Å². The smallest absolute Gasteiger partial charge is 0.320 e. The van der Waals surface area contributed by atoms with Crippen molar-refractivity contribution in [1.29, 1.82) is 0 Å². The molecule has 1 aromatic rings. The Bertz CT molecular complexity index is 600. The number of likely N-dealkylation sites (N-methyl/N-ethyl adjacent to an activating group) is 1. The van der Waals surface area contributed by atoms with Crippen LogP contribution in [0.25, 0.3) is 5.57 Å². The number of nitrogens with zero attached hydrogens (tertiary/aromatic N) is 3. The van der Waals surface area contributed by atoms with Crippen molar-refractivity contribution in [3.05, 3.63) is 22.7 Å². The lowest BCUT2D eigenvalue weighted by molar-refractivity contribution is -0.121. The van der Waals surface area contributed by atoms with E-state index in [0.29, 0.717) is 26.1 Å². The third-order valence-corrected chi connectivity index (χ3v) is 4.90. The minimum atomic E-state index is -0.179. The van der Waals surface area contributed by atoms with E-state index in [1.54, 1.807) is 29.5 Å². The number of urea groups is 1. The summed E-state index contributed by atoms with van der Waals surface area (Å²) in [5.41, 5.74) is 6.40. The summed E-state index contributed by atoms with van der Waals surface area (Å²) in [7, 11) is 1.80.